The molecule has 8 heteroatoms. The number of ether oxygens (including phenoxy) is 1. The molecule has 2 aromatic rings. The lowest BCUT2D eigenvalue weighted by molar-refractivity contribution is -0.142. The predicted molar refractivity (Wildman–Crippen MR) is 105 cm³/mol. The van der Waals surface area contributed by atoms with Gasteiger partial charge in [-0.3, -0.25) is 14.5 Å². The molecule has 1 fully saturated rings. The molecule has 0 spiro atoms. The molecule has 1 aliphatic rings. The normalized spacial score (nSPS) is 16.8. The number of benzene rings is 2. The van der Waals surface area contributed by atoms with E-state index >= 15 is 0 Å². The topological polar surface area (TPSA) is 107 Å². The van der Waals surface area contributed by atoms with E-state index in [1.807, 2.05) is 0 Å². The minimum atomic E-state index is -0.938. The van der Waals surface area contributed by atoms with Gasteiger partial charge in [0.25, 0.3) is 0 Å². The van der Waals surface area contributed by atoms with Crippen LogP contribution in [0.15, 0.2) is 40.9 Å². The number of aromatic hydroxyl groups is 2. The van der Waals surface area contributed by atoms with Gasteiger partial charge in [0, 0.05) is 11.0 Å². The summed E-state index contributed by atoms with van der Waals surface area (Å²) in [6.45, 7) is 0.310. The van der Waals surface area contributed by atoms with Gasteiger partial charge >= 0.3 is 5.97 Å². The number of hydrogen-bond donors (Lipinski definition) is 3. The number of rotatable bonds is 7. The van der Waals surface area contributed by atoms with Crippen LogP contribution in [0.1, 0.15) is 28.8 Å². The molecule has 1 unspecified atom stereocenters. The average Bonchev–Trinajstić information content (AvgIpc) is 3.13. The minimum absolute atomic E-state index is 0.0241. The number of ketones is 1. The number of hydrogen-bond acceptors (Lipinski definition) is 6. The van der Waals surface area contributed by atoms with Crippen molar-refractivity contribution in [3.05, 3.63) is 52.0 Å². The van der Waals surface area contributed by atoms with Gasteiger partial charge in [-0.2, -0.15) is 0 Å². The van der Waals surface area contributed by atoms with Crippen molar-refractivity contribution in [2.24, 2.45) is 0 Å². The van der Waals surface area contributed by atoms with Crippen LogP contribution in [0.25, 0.3) is 0 Å². The van der Waals surface area contributed by atoms with Crippen LogP contribution in [0.4, 0.5) is 0 Å². The summed E-state index contributed by atoms with van der Waals surface area (Å²) in [5.74, 6) is -1.40. The Bertz CT molecular complexity index is 883. The summed E-state index contributed by atoms with van der Waals surface area (Å²) in [7, 11) is 0. The summed E-state index contributed by atoms with van der Waals surface area (Å²) in [5, 5.41) is 30.0. The van der Waals surface area contributed by atoms with E-state index < -0.39 is 17.8 Å². The van der Waals surface area contributed by atoms with E-state index in [-0.39, 0.29) is 35.8 Å². The minimum Gasteiger partial charge on any atom is -0.507 e. The molecule has 0 aliphatic carbocycles. The van der Waals surface area contributed by atoms with E-state index in [4.69, 9.17) is 4.74 Å². The molecule has 1 saturated heterocycles. The summed E-state index contributed by atoms with van der Waals surface area (Å²) in [6.07, 6.45) is 1.23. The van der Waals surface area contributed by atoms with Crippen LogP contribution in [0.5, 0.6) is 17.2 Å². The maximum atomic E-state index is 12.5. The van der Waals surface area contributed by atoms with E-state index in [9.17, 15) is 24.9 Å². The highest BCUT2D eigenvalue weighted by Gasteiger charge is 2.32. The Labute approximate surface area is 170 Å². The summed E-state index contributed by atoms with van der Waals surface area (Å²) in [5.41, 5.74) is 0.165. The molecule has 0 bridgehead atoms. The van der Waals surface area contributed by atoms with Crippen LogP contribution in [-0.2, 0) is 11.3 Å². The highest BCUT2D eigenvalue weighted by atomic mass is 79.9. The van der Waals surface area contributed by atoms with Crippen molar-refractivity contribution in [2.75, 3.05) is 13.2 Å². The molecule has 2 aromatic carbocycles. The number of carboxylic acid groups (broad SMARTS) is 1. The Morgan fingerprint density at radius 1 is 1.14 bits per heavy atom. The Morgan fingerprint density at radius 2 is 1.86 bits per heavy atom. The lowest BCUT2D eigenvalue weighted by Crippen LogP contribution is -2.35. The summed E-state index contributed by atoms with van der Waals surface area (Å²) >= 11 is 3.32. The van der Waals surface area contributed by atoms with Crippen molar-refractivity contribution in [3.63, 3.8) is 0 Å². The van der Waals surface area contributed by atoms with E-state index in [1.54, 1.807) is 29.2 Å². The molecular formula is C20H20BrNO6. The molecule has 1 atom stereocenters. The van der Waals surface area contributed by atoms with Crippen molar-refractivity contribution in [1.29, 1.82) is 0 Å². The SMILES string of the molecule is O=C(COc1ccc(Br)cc1)c1ccc(O)c(CN2CCCC2C(=O)O)c1O. The molecule has 3 N–H and O–H groups in total. The number of Topliss-reactive ketones (excluding diaryl/α,β-unsaturated/α-hetero) is 1. The van der Waals surface area contributed by atoms with E-state index in [0.717, 1.165) is 10.9 Å². The van der Waals surface area contributed by atoms with Gasteiger partial charge < -0.3 is 20.1 Å². The van der Waals surface area contributed by atoms with E-state index in [2.05, 4.69) is 15.9 Å². The Morgan fingerprint density at radius 3 is 2.54 bits per heavy atom. The third kappa shape index (κ3) is 4.45. The smallest absolute Gasteiger partial charge is 0.320 e. The molecule has 0 saturated carbocycles. The van der Waals surface area contributed by atoms with Crippen LogP contribution in [0.2, 0.25) is 0 Å². The number of carboxylic acids is 1. The number of phenolic OH excluding ortho intramolecular Hbond substituents is 2. The van der Waals surface area contributed by atoms with Crippen molar-refractivity contribution < 1.29 is 29.6 Å². The highest BCUT2D eigenvalue weighted by molar-refractivity contribution is 9.10. The molecule has 1 heterocycles. The third-order valence-corrected chi connectivity index (χ3v) is 5.28. The number of aliphatic carboxylic acids is 1. The fourth-order valence-electron chi connectivity index (χ4n) is 3.26. The van der Waals surface area contributed by atoms with Gasteiger partial charge in [-0.25, -0.2) is 0 Å². The van der Waals surface area contributed by atoms with Gasteiger partial charge in [-0.05, 0) is 55.8 Å². The largest absolute Gasteiger partial charge is 0.507 e. The Kier molecular flexibility index (Phi) is 6.21. The summed E-state index contributed by atoms with van der Waals surface area (Å²) < 4.78 is 6.34. The van der Waals surface area contributed by atoms with Crippen molar-refractivity contribution in [2.45, 2.75) is 25.4 Å². The van der Waals surface area contributed by atoms with Crippen molar-refractivity contribution in [1.82, 2.24) is 4.90 Å². The zero-order chi connectivity index (χ0) is 20.3. The fraction of sp³-hybridized carbons (Fsp3) is 0.300. The van der Waals surface area contributed by atoms with Crippen LogP contribution < -0.4 is 4.74 Å². The van der Waals surface area contributed by atoms with Crippen LogP contribution in [0.3, 0.4) is 0 Å². The number of nitrogens with zero attached hydrogens (tertiary/aromatic N) is 1. The quantitative estimate of drug-likeness (QED) is 0.557. The second-order valence-corrected chi connectivity index (χ2v) is 7.51. The molecule has 0 amide bonds. The summed E-state index contributed by atoms with van der Waals surface area (Å²) in [6, 6.07) is 8.97. The molecule has 3 rings (SSSR count). The maximum absolute atomic E-state index is 12.5. The van der Waals surface area contributed by atoms with Crippen LogP contribution in [-0.4, -0.2) is 51.2 Å². The highest BCUT2D eigenvalue weighted by Crippen LogP contribution is 2.34. The fourth-order valence-corrected chi connectivity index (χ4v) is 3.53. The van der Waals surface area contributed by atoms with Crippen LogP contribution >= 0.6 is 15.9 Å². The maximum Gasteiger partial charge on any atom is 0.320 e. The molecule has 28 heavy (non-hydrogen) atoms. The number of likely N-dealkylation sites (tertiary alicyclic amines) is 1. The van der Waals surface area contributed by atoms with Crippen molar-refractivity contribution >= 4 is 27.7 Å². The lowest BCUT2D eigenvalue weighted by Gasteiger charge is -2.22. The van der Waals surface area contributed by atoms with Gasteiger partial charge in [-0.15, -0.1) is 0 Å². The lowest BCUT2D eigenvalue weighted by atomic mass is 10.0. The third-order valence-electron chi connectivity index (χ3n) is 4.75. The first kappa shape index (κ1) is 20.2. The van der Waals surface area contributed by atoms with Crippen molar-refractivity contribution in [3.8, 4) is 17.2 Å². The van der Waals surface area contributed by atoms with Crippen LogP contribution in [0, 0.1) is 0 Å². The Balaban J connectivity index is 1.75. The molecule has 0 radical (unpaired) electrons. The van der Waals surface area contributed by atoms with E-state index in [0.29, 0.717) is 18.7 Å². The molecule has 7 nitrogen and oxygen atoms in total. The van der Waals surface area contributed by atoms with Gasteiger partial charge in [0.1, 0.15) is 23.3 Å². The number of carbonyl (C=O) groups is 2. The zero-order valence-electron chi connectivity index (χ0n) is 15.0. The first-order valence-electron chi connectivity index (χ1n) is 8.79. The second kappa shape index (κ2) is 8.62. The monoisotopic (exact) mass is 449 g/mol. The molecule has 0 aromatic heterocycles. The van der Waals surface area contributed by atoms with Gasteiger partial charge in [0.05, 0.1) is 11.1 Å². The Hall–Kier alpha value is -2.58. The van der Waals surface area contributed by atoms with Gasteiger partial charge in [0.15, 0.2) is 6.61 Å². The first-order valence-corrected chi connectivity index (χ1v) is 9.58. The summed E-state index contributed by atoms with van der Waals surface area (Å²) in [4.78, 5) is 25.5. The zero-order valence-corrected chi connectivity index (χ0v) is 16.6. The molecular weight excluding hydrogens is 430 g/mol. The van der Waals surface area contributed by atoms with Gasteiger partial charge in [-0.1, -0.05) is 15.9 Å². The van der Waals surface area contributed by atoms with Gasteiger partial charge in [0.2, 0.25) is 5.78 Å². The number of phenols is 2. The molecule has 1 aliphatic heterocycles. The first-order chi connectivity index (χ1) is 13.4. The van der Waals surface area contributed by atoms with E-state index in [1.165, 1.54) is 12.1 Å². The average molecular weight is 450 g/mol. The second-order valence-electron chi connectivity index (χ2n) is 6.59. The standard InChI is InChI=1S/C20H20BrNO6/c21-12-3-5-13(6-4-12)28-11-18(24)14-7-8-17(23)15(19(14)25)10-22-9-1-2-16(22)20(26)27/h3-8,16,23,25H,1-2,9-11H2,(H,26,27). The number of halogens is 1. The molecule has 148 valence electrons. The predicted octanol–water partition coefficient (Wildman–Crippen LogP) is 3.17. The number of carbonyl (C=O) groups excluding carboxylic acids is 1.